The molecule has 2 heterocycles. The maximum absolute atomic E-state index is 13.5. The van der Waals surface area contributed by atoms with Crippen LogP contribution in [-0.4, -0.2) is 30.3 Å². The minimum absolute atomic E-state index is 0.113. The highest BCUT2D eigenvalue weighted by molar-refractivity contribution is 6.46. The second-order valence-electron chi connectivity index (χ2n) is 7.67. The number of benzene rings is 2. The summed E-state index contributed by atoms with van der Waals surface area (Å²) >= 11 is 5.96. The zero-order chi connectivity index (χ0) is 24.2. The number of Topliss-reactive ketones (excluding diaryl/α,β-unsaturated/α-hetero) is 1. The van der Waals surface area contributed by atoms with E-state index in [1.54, 1.807) is 60.9 Å². The average Bonchev–Trinajstić information content (AvgIpc) is 3.10. The fraction of sp³-hybridized carbons (Fsp3) is 0.192. The van der Waals surface area contributed by atoms with Gasteiger partial charge in [0.05, 0.1) is 26.3 Å². The van der Waals surface area contributed by atoms with Gasteiger partial charge < -0.3 is 19.5 Å². The molecule has 4 rings (SSSR count). The molecule has 1 atom stereocenters. The van der Waals surface area contributed by atoms with Crippen molar-refractivity contribution in [2.75, 3.05) is 13.7 Å². The Balaban J connectivity index is 1.88. The Labute approximate surface area is 202 Å². The predicted octanol–water partition coefficient (Wildman–Crippen LogP) is 2.99. The molecule has 1 aliphatic rings. The van der Waals surface area contributed by atoms with Crippen LogP contribution in [0.1, 0.15) is 29.7 Å². The van der Waals surface area contributed by atoms with Crippen LogP contribution >= 0.6 is 11.6 Å². The first-order valence-electron chi connectivity index (χ1n) is 10.7. The number of nitrogens with one attached hydrogen (secondary N) is 1. The van der Waals surface area contributed by atoms with Gasteiger partial charge in [0, 0.05) is 22.2 Å². The highest BCUT2D eigenvalue weighted by Gasteiger charge is 2.44. The van der Waals surface area contributed by atoms with Gasteiger partial charge in [0.25, 0.3) is 5.91 Å². The number of carbonyl (C=O) groups is 2. The number of carbonyl (C=O) groups excluding carboxylic acids is 2. The van der Waals surface area contributed by atoms with E-state index >= 15 is 0 Å². The van der Waals surface area contributed by atoms with Crippen LogP contribution in [0.4, 0.5) is 0 Å². The van der Waals surface area contributed by atoms with Crippen molar-refractivity contribution in [2.24, 2.45) is 0 Å². The summed E-state index contributed by atoms with van der Waals surface area (Å²) in [6.45, 7) is 2.44. The minimum atomic E-state index is -0.895. The molecule has 0 aliphatic carbocycles. The van der Waals surface area contributed by atoms with Gasteiger partial charge in [-0.2, -0.15) is 0 Å². The number of aromatic nitrogens is 1. The number of aromatic amines is 1. The summed E-state index contributed by atoms with van der Waals surface area (Å²) in [4.78, 5) is 30.7. The summed E-state index contributed by atoms with van der Waals surface area (Å²) in [5.74, 6) is -1.11. The highest BCUT2D eigenvalue weighted by atomic mass is 35.5. The van der Waals surface area contributed by atoms with Crippen LogP contribution < -0.4 is 19.6 Å². The molecule has 1 N–H and O–H groups in total. The molecule has 1 amide bonds. The van der Waals surface area contributed by atoms with Gasteiger partial charge >= 0.3 is 0 Å². The van der Waals surface area contributed by atoms with Crippen molar-refractivity contribution >= 4 is 29.1 Å². The molecule has 1 aromatic heterocycles. The lowest BCUT2D eigenvalue weighted by atomic mass is 9.95. The maximum Gasteiger partial charge on any atom is 0.295 e. The smallest absolute Gasteiger partial charge is 0.295 e. The quantitative estimate of drug-likeness (QED) is 0.295. The number of methoxy groups -OCH3 is 1. The summed E-state index contributed by atoms with van der Waals surface area (Å²) in [5.41, 5.74) is 1.51. The molecule has 0 spiro atoms. The third-order valence-corrected chi connectivity index (χ3v) is 5.82. The molecular formula is C26H23ClN2O5. The lowest BCUT2D eigenvalue weighted by Gasteiger charge is -2.28. The van der Waals surface area contributed by atoms with Crippen molar-refractivity contribution in [3.63, 3.8) is 0 Å². The van der Waals surface area contributed by atoms with E-state index in [-0.39, 0.29) is 17.7 Å². The molecule has 34 heavy (non-hydrogen) atoms. The summed E-state index contributed by atoms with van der Waals surface area (Å²) in [6, 6.07) is 14.1. The van der Waals surface area contributed by atoms with E-state index in [9.17, 15) is 14.7 Å². The highest BCUT2D eigenvalue weighted by Crippen LogP contribution is 2.42. The number of hydrogen-bond acceptors (Lipinski definition) is 5. The lowest BCUT2D eigenvalue weighted by molar-refractivity contribution is -0.378. The van der Waals surface area contributed by atoms with Crippen molar-refractivity contribution in [1.82, 2.24) is 4.90 Å². The van der Waals surface area contributed by atoms with Crippen LogP contribution in [0.15, 0.2) is 72.6 Å². The number of ether oxygens (including phenoxy) is 2. The first-order chi connectivity index (χ1) is 16.4. The summed E-state index contributed by atoms with van der Waals surface area (Å²) in [6.07, 6.45) is 3.49. The topological polar surface area (TPSA) is 93.0 Å². The number of likely N-dealkylation sites (tertiary alicyclic amines) is 1. The second kappa shape index (κ2) is 9.97. The van der Waals surface area contributed by atoms with Gasteiger partial charge in [-0.25, -0.2) is 4.98 Å². The second-order valence-corrected chi connectivity index (χ2v) is 8.11. The average molecular weight is 479 g/mol. The Morgan fingerprint density at radius 2 is 1.88 bits per heavy atom. The Bertz CT molecular complexity index is 1240. The van der Waals surface area contributed by atoms with E-state index in [0.717, 1.165) is 5.56 Å². The lowest BCUT2D eigenvalue weighted by Crippen LogP contribution is -2.29. The maximum atomic E-state index is 13.5. The number of nitrogens with zero attached hydrogens (tertiary/aromatic N) is 1. The fourth-order valence-electron chi connectivity index (χ4n) is 3.99. The van der Waals surface area contributed by atoms with Gasteiger partial charge in [-0.3, -0.25) is 9.59 Å². The van der Waals surface area contributed by atoms with E-state index in [1.807, 2.05) is 13.0 Å². The van der Waals surface area contributed by atoms with Crippen LogP contribution in [-0.2, 0) is 16.1 Å². The molecule has 1 saturated heterocycles. The van der Waals surface area contributed by atoms with Gasteiger partial charge in [-0.15, -0.1) is 0 Å². The van der Waals surface area contributed by atoms with Crippen molar-refractivity contribution in [3.05, 3.63) is 94.3 Å². The third kappa shape index (κ3) is 4.47. The summed E-state index contributed by atoms with van der Waals surface area (Å²) < 4.78 is 11.1. The number of ketones is 1. The molecule has 8 heteroatoms. The van der Waals surface area contributed by atoms with Gasteiger partial charge in [0.2, 0.25) is 5.78 Å². The van der Waals surface area contributed by atoms with Crippen molar-refractivity contribution in [1.29, 1.82) is 0 Å². The third-order valence-electron chi connectivity index (χ3n) is 5.56. The van der Waals surface area contributed by atoms with E-state index < -0.39 is 23.5 Å². The van der Waals surface area contributed by atoms with Crippen LogP contribution in [0.25, 0.3) is 5.76 Å². The van der Waals surface area contributed by atoms with E-state index in [4.69, 9.17) is 21.1 Å². The molecule has 0 saturated carbocycles. The van der Waals surface area contributed by atoms with Crippen molar-refractivity contribution in [3.8, 4) is 11.5 Å². The molecule has 3 aromatic rings. The largest absolute Gasteiger partial charge is 0.872 e. The Kier molecular flexibility index (Phi) is 6.84. The van der Waals surface area contributed by atoms with Gasteiger partial charge in [0.1, 0.15) is 0 Å². The molecule has 1 fully saturated rings. The van der Waals surface area contributed by atoms with Crippen LogP contribution in [0.2, 0.25) is 5.02 Å². The normalized spacial score (nSPS) is 17.1. The number of amides is 1. The molecule has 0 radical (unpaired) electrons. The molecule has 0 bridgehead atoms. The van der Waals surface area contributed by atoms with Crippen LogP contribution in [0.5, 0.6) is 11.5 Å². The van der Waals surface area contributed by atoms with Crippen molar-refractivity contribution in [2.45, 2.75) is 19.5 Å². The number of H-pyrrole nitrogens is 1. The molecule has 7 nitrogen and oxygen atoms in total. The monoisotopic (exact) mass is 478 g/mol. The van der Waals surface area contributed by atoms with Gasteiger partial charge in [0.15, 0.2) is 23.9 Å². The summed E-state index contributed by atoms with van der Waals surface area (Å²) in [7, 11) is 1.51. The number of pyridine rings is 1. The molecule has 1 aliphatic heterocycles. The SMILES string of the molecule is CCOc1ccc(C2C(=C([O-])c3ccc(Cl)cc3)C(=O)C(=O)N2Cc2ccc[nH+]c2)cc1OC. The Hall–Kier alpha value is -3.84. The number of halogens is 1. The first kappa shape index (κ1) is 23.3. The van der Waals surface area contributed by atoms with E-state index in [2.05, 4.69) is 4.98 Å². The zero-order valence-corrected chi connectivity index (χ0v) is 19.5. The molecule has 2 aromatic carbocycles. The Morgan fingerprint density at radius 1 is 1.12 bits per heavy atom. The van der Waals surface area contributed by atoms with E-state index in [1.165, 1.54) is 12.0 Å². The molecular weight excluding hydrogens is 456 g/mol. The molecule has 1 unspecified atom stereocenters. The number of hydrogen-bond donors (Lipinski definition) is 0. The van der Waals surface area contributed by atoms with Gasteiger partial charge in [-0.05, 0) is 48.4 Å². The van der Waals surface area contributed by atoms with E-state index in [0.29, 0.717) is 28.7 Å². The van der Waals surface area contributed by atoms with Crippen LogP contribution in [0.3, 0.4) is 0 Å². The number of rotatable bonds is 7. The summed E-state index contributed by atoms with van der Waals surface area (Å²) in [5, 5.41) is 13.9. The van der Waals surface area contributed by atoms with Crippen molar-refractivity contribution < 1.29 is 29.2 Å². The fourth-order valence-corrected chi connectivity index (χ4v) is 4.12. The molecule has 174 valence electrons. The zero-order valence-electron chi connectivity index (χ0n) is 18.7. The standard InChI is InChI=1S/C26H23ClN2O5/c1-3-34-20-11-8-18(13-21(20)33-2)23-22(24(30)17-6-9-19(27)10-7-17)25(31)26(32)29(23)15-16-5-4-12-28-14-16/h4-14,23,30H,3,15H2,1-2H3. The van der Waals surface area contributed by atoms with Gasteiger partial charge in [-0.1, -0.05) is 35.6 Å². The first-order valence-corrected chi connectivity index (χ1v) is 11.1. The van der Waals surface area contributed by atoms with Crippen LogP contribution in [0, 0.1) is 0 Å². The predicted molar refractivity (Wildman–Crippen MR) is 124 cm³/mol. The Morgan fingerprint density at radius 3 is 2.53 bits per heavy atom. The minimum Gasteiger partial charge on any atom is -0.872 e.